The lowest BCUT2D eigenvalue weighted by molar-refractivity contribution is 0.0697. The molecule has 0 bridgehead atoms. The number of hydrogen-bond donors (Lipinski definition) is 1. The summed E-state index contributed by atoms with van der Waals surface area (Å²) in [4.78, 5) is 10.7. The predicted octanol–water partition coefficient (Wildman–Crippen LogP) is 2.35. The van der Waals surface area contributed by atoms with Gasteiger partial charge in [0, 0.05) is 13.2 Å². The van der Waals surface area contributed by atoms with Crippen LogP contribution in [0.3, 0.4) is 0 Å². The Morgan fingerprint density at radius 3 is 2.83 bits per heavy atom. The van der Waals surface area contributed by atoms with Gasteiger partial charge in [-0.1, -0.05) is 11.6 Å². The molecule has 0 radical (unpaired) electrons. The molecule has 0 saturated carbocycles. The van der Waals surface area contributed by atoms with Crippen LogP contribution in [0.15, 0.2) is 30.5 Å². The van der Waals surface area contributed by atoms with Crippen molar-refractivity contribution in [3.05, 3.63) is 46.7 Å². The molecule has 2 aromatic rings. The standard InChI is InChI=1S/C12H11ClN2O3/c1-15-5-4-9(14-15)7-18-11-3-2-8(12(16)17)6-10(11)13/h2-6H,7H2,1H3,(H,16,17). The summed E-state index contributed by atoms with van der Waals surface area (Å²) >= 11 is 5.93. The molecule has 0 atom stereocenters. The maximum atomic E-state index is 10.7. The van der Waals surface area contributed by atoms with Crippen molar-refractivity contribution in [2.45, 2.75) is 6.61 Å². The van der Waals surface area contributed by atoms with Crippen molar-refractivity contribution in [2.75, 3.05) is 0 Å². The van der Waals surface area contributed by atoms with E-state index in [2.05, 4.69) is 5.10 Å². The van der Waals surface area contributed by atoms with Crippen molar-refractivity contribution in [2.24, 2.45) is 7.05 Å². The topological polar surface area (TPSA) is 64.3 Å². The minimum Gasteiger partial charge on any atom is -0.486 e. The van der Waals surface area contributed by atoms with Gasteiger partial charge in [-0.05, 0) is 24.3 Å². The van der Waals surface area contributed by atoms with Gasteiger partial charge in [0.05, 0.1) is 16.3 Å². The number of ether oxygens (including phenoxy) is 1. The summed E-state index contributed by atoms with van der Waals surface area (Å²) in [5, 5.41) is 13.2. The van der Waals surface area contributed by atoms with E-state index in [4.69, 9.17) is 21.4 Å². The van der Waals surface area contributed by atoms with E-state index in [9.17, 15) is 4.79 Å². The molecule has 0 spiro atoms. The highest BCUT2D eigenvalue weighted by Gasteiger charge is 2.08. The average molecular weight is 267 g/mol. The van der Waals surface area contributed by atoms with Crippen LogP contribution in [0.5, 0.6) is 5.75 Å². The minimum absolute atomic E-state index is 0.130. The third-order valence-corrected chi connectivity index (χ3v) is 2.62. The number of aryl methyl sites for hydroxylation is 1. The van der Waals surface area contributed by atoms with Crippen LogP contribution in [-0.4, -0.2) is 20.9 Å². The average Bonchev–Trinajstić information content (AvgIpc) is 2.73. The van der Waals surface area contributed by atoms with Crippen molar-refractivity contribution in [3.63, 3.8) is 0 Å². The maximum absolute atomic E-state index is 10.7. The van der Waals surface area contributed by atoms with Crippen LogP contribution >= 0.6 is 11.6 Å². The molecule has 0 aliphatic rings. The number of nitrogens with zero attached hydrogens (tertiary/aromatic N) is 2. The lowest BCUT2D eigenvalue weighted by Gasteiger charge is -2.06. The van der Waals surface area contributed by atoms with Crippen molar-refractivity contribution in [1.29, 1.82) is 0 Å². The normalized spacial score (nSPS) is 10.3. The third kappa shape index (κ3) is 2.81. The van der Waals surface area contributed by atoms with E-state index in [1.165, 1.54) is 18.2 Å². The van der Waals surface area contributed by atoms with Gasteiger partial charge in [-0.15, -0.1) is 0 Å². The Hall–Kier alpha value is -2.01. The molecule has 1 N–H and O–H groups in total. The minimum atomic E-state index is -1.02. The van der Waals surface area contributed by atoms with Gasteiger partial charge in [-0.3, -0.25) is 4.68 Å². The number of carboxylic acids is 1. The van der Waals surface area contributed by atoms with E-state index < -0.39 is 5.97 Å². The highest BCUT2D eigenvalue weighted by atomic mass is 35.5. The highest BCUT2D eigenvalue weighted by Crippen LogP contribution is 2.26. The zero-order valence-corrected chi connectivity index (χ0v) is 10.4. The Kier molecular flexibility index (Phi) is 3.53. The molecule has 94 valence electrons. The largest absolute Gasteiger partial charge is 0.486 e. The molecule has 0 aliphatic carbocycles. The third-order valence-electron chi connectivity index (χ3n) is 2.32. The number of halogens is 1. The van der Waals surface area contributed by atoms with Crippen LogP contribution in [0, 0.1) is 0 Å². The fraction of sp³-hybridized carbons (Fsp3) is 0.167. The number of benzene rings is 1. The lowest BCUT2D eigenvalue weighted by Crippen LogP contribution is -2.00. The first-order chi connectivity index (χ1) is 8.56. The smallest absolute Gasteiger partial charge is 0.335 e. The summed E-state index contributed by atoms with van der Waals surface area (Å²) in [7, 11) is 1.82. The molecule has 0 amide bonds. The van der Waals surface area contributed by atoms with E-state index in [-0.39, 0.29) is 17.2 Å². The van der Waals surface area contributed by atoms with E-state index in [1.807, 2.05) is 19.3 Å². The van der Waals surface area contributed by atoms with E-state index in [1.54, 1.807) is 4.68 Å². The first-order valence-corrected chi connectivity index (χ1v) is 5.58. The Morgan fingerprint density at radius 1 is 1.50 bits per heavy atom. The molecule has 0 unspecified atom stereocenters. The van der Waals surface area contributed by atoms with Crippen molar-refractivity contribution < 1.29 is 14.6 Å². The Bertz CT molecular complexity index is 580. The van der Waals surface area contributed by atoms with Gasteiger partial charge in [0.15, 0.2) is 0 Å². The second-order valence-electron chi connectivity index (χ2n) is 3.72. The van der Waals surface area contributed by atoms with Crippen molar-refractivity contribution in [1.82, 2.24) is 9.78 Å². The van der Waals surface area contributed by atoms with Crippen LogP contribution in [0.2, 0.25) is 5.02 Å². The number of rotatable bonds is 4. The van der Waals surface area contributed by atoms with Gasteiger partial charge in [-0.25, -0.2) is 4.79 Å². The quantitative estimate of drug-likeness (QED) is 0.923. The maximum Gasteiger partial charge on any atom is 0.335 e. The second-order valence-corrected chi connectivity index (χ2v) is 4.13. The molecule has 1 aromatic heterocycles. The number of aromatic carboxylic acids is 1. The SMILES string of the molecule is Cn1ccc(COc2ccc(C(=O)O)cc2Cl)n1. The molecule has 5 nitrogen and oxygen atoms in total. The monoisotopic (exact) mass is 266 g/mol. The van der Waals surface area contributed by atoms with Gasteiger partial charge in [0.1, 0.15) is 12.4 Å². The molecule has 2 rings (SSSR count). The highest BCUT2D eigenvalue weighted by molar-refractivity contribution is 6.32. The van der Waals surface area contributed by atoms with E-state index in [0.29, 0.717) is 5.75 Å². The van der Waals surface area contributed by atoms with Crippen molar-refractivity contribution in [3.8, 4) is 5.75 Å². The molecular weight excluding hydrogens is 256 g/mol. The molecule has 18 heavy (non-hydrogen) atoms. The second kappa shape index (κ2) is 5.10. The predicted molar refractivity (Wildman–Crippen MR) is 66.0 cm³/mol. The zero-order chi connectivity index (χ0) is 13.1. The van der Waals surface area contributed by atoms with Gasteiger partial charge in [0.25, 0.3) is 0 Å². The fourth-order valence-corrected chi connectivity index (χ4v) is 1.68. The van der Waals surface area contributed by atoms with Gasteiger partial charge in [0.2, 0.25) is 0 Å². The van der Waals surface area contributed by atoms with Gasteiger partial charge < -0.3 is 9.84 Å². The summed E-state index contributed by atoms with van der Waals surface area (Å²) in [5.74, 6) is -0.583. The first-order valence-electron chi connectivity index (χ1n) is 5.20. The Morgan fingerprint density at radius 2 is 2.28 bits per heavy atom. The summed E-state index contributed by atoms with van der Waals surface area (Å²) in [5.41, 5.74) is 0.904. The lowest BCUT2D eigenvalue weighted by atomic mass is 10.2. The summed E-state index contributed by atoms with van der Waals surface area (Å²) < 4.78 is 7.14. The van der Waals surface area contributed by atoms with Gasteiger partial charge in [-0.2, -0.15) is 5.10 Å². The van der Waals surface area contributed by atoms with E-state index >= 15 is 0 Å². The molecular formula is C12H11ClN2O3. The van der Waals surface area contributed by atoms with E-state index in [0.717, 1.165) is 5.69 Å². The molecule has 0 saturated heterocycles. The molecule has 6 heteroatoms. The fourth-order valence-electron chi connectivity index (χ4n) is 1.44. The summed E-state index contributed by atoms with van der Waals surface area (Å²) in [6.45, 7) is 0.285. The van der Waals surface area contributed by atoms with Crippen molar-refractivity contribution >= 4 is 17.6 Å². The van der Waals surface area contributed by atoms with Crippen LogP contribution < -0.4 is 4.74 Å². The summed E-state index contributed by atoms with van der Waals surface area (Å²) in [6, 6.07) is 6.17. The Labute approximate surface area is 109 Å². The van der Waals surface area contributed by atoms with Crippen LogP contribution in [-0.2, 0) is 13.7 Å². The molecule has 0 fully saturated rings. The van der Waals surface area contributed by atoms with Crippen LogP contribution in [0.4, 0.5) is 0 Å². The van der Waals surface area contributed by atoms with Crippen LogP contribution in [0.1, 0.15) is 16.1 Å². The Balaban J connectivity index is 2.08. The number of hydrogen-bond acceptors (Lipinski definition) is 3. The van der Waals surface area contributed by atoms with Gasteiger partial charge >= 0.3 is 5.97 Å². The molecule has 1 aromatic carbocycles. The molecule has 1 heterocycles. The van der Waals surface area contributed by atoms with Crippen LogP contribution in [0.25, 0.3) is 0 Å². The molecule has 0 aliphatic heterocycles. The summed E-state index contributed by atoms with van der Waals surface area (Å²) in [6.07, 6.45) is 1.81. The number of aromatic nitrogens is 2. The number of carboxylic acid groups (broad SMARTS) is 1. The zero-order valence-electron chi connectivity index (χ0n) is 9.63. The first kappa shape index (κ1) is 12.4. The number of carbonyl (C=O) groups is 1.